The van der Waals surface area contributed by atoms with Crippen molar-refractivity contribution in [2.24, 2.45) is 0 Å². The quantitative estimate of drug-likeness (QED) is 0.364. The van der Waals surface area contributed by atoms with Crippen molar-refractivity contribution in [1.82, 2.24) is 20.5 Å². The first-order chi connectivity index (χ1) is 18.4. The Morgan fingerprint density at radius 3 is 2.49 bits per heavy atom. The molecule has 3 unspecified atom stereocenters. The van der Waals surface area contributed by atoms with Gasteiger partial charge in [-0.3, -0.25) is 19.3 Å². The number of aromatic nitrogens is 1. The van der Waals surface area contributed by atoms with Crippen LogP contribution in [0.4, 0.5) is 9.93 Å². The third-order valence-corrected chi connectivity index (χ3v) is 7.86. The number of alkyl carbamates (subject to hydrolysis) is 1. The van der Waals surface area contributed by atoms with Crippen LogP contribution in [-0.2, 0) is 23.9 Å². The van der Waals surface area contributed by atoms with Gasteiger partial charge in [-0.15, -0.1) is 11.8 Å². The standard InChI is InChI=1S/C25H27N5O7S2/c1-12(31)27-23-26-10-15(39-23)14-11-38-21-17(20(33)30(21)18(14)22(34)35)28-19(32)16(13-8-6-5-7-9-13)29-24(36)37-25(2,3)4/h5-10,16-17,21H,11H2,1-4H3,(H,28,32)(H,29,36)(H,34,35)(H,26,27,31). The van der Waals surface area contributed by atoms with Crippen LogP contribution in [0, 0.1) is 0 Å². The van der Waals surface area contributed by atoms with Gasteiger partial charge in [0.1, 0.15) is 28.8 Å². The molecule has 2 aromatic rings. The van der Waals surface area contributed by atoms with Gasteiger partial charge in [-0.25, -0.2) is 14.6 Å². The van der Waals surface area contributed by atoms with Crippen LogP contribution in [0.2, 0.25) is 0 Å². The molecule has 206 valence electrons. The second-order valence-electron chi connectivity index (χ2n) is 9.73. The van der Waals surface area contributed by atoms with Gasteiger partial charge in [0.15, 0.2) is 5.13 Å². The number of carboxylic acids is 1. The van der Waals surface area contributed by atoms with Crippen LogP contribution in [0.5, 0.6) is 0 Å². The molecule has 39 heavy (non-hydrogen) atoms. The molecule has 14 heteroatoms. The first-order valence-electron chi connectivity index (χ1n) is 11.9. The molecule has 1 fully saturated rings. The van der Waals surface area contributed by atoms with E-state index in [9.17, 15) is 29.1 Å². The number of fused-ring (bicyclic) bond motifs is 1. The fourth-order valence-corrected chi connectivity index (χ4v) is 6.40. The largest absolute Gasteiger partial charge is 0.477 e. The fraction of sp³-hybridized carbons (Fsp3) is 0.360. The molecule has 4 amide bonds. The van der Waals surface area contributed by atoms with E-state index in [0.717, 1.165) is 16.2 Å². The van der Waals surface area contributed by atoms with Gasteiger partial charge in [0.05, 0.1) is 4.88 Å². The number of anilines is 1. The Kier molecular flexibility index (Phi) is 7.97. The first kappa shape index (κ1) is 28.1. The van der Waals surface area contributed by atoms with E-state index in [-0.39, 0.29) is 17.4 Å². The van der Waals surface area contributed by atoms with Crippen molar-refractivity contribution in [3.05, 3.63) is 52.7 Å². The van der Waals surface area contributed by atoms with E-state index >= 15 is 0 Å². The zero-order valence-electron chi connectivity index (χ0n) is 21.5. The average Bonchev–Trinajstić information content (AvgIpc) is 3.31. The van der Waals surface area contributed by atoms with E-state index in [2.05, 4.69) is 20.9 Å². The minimum absolute atomic E-state index is 0.196. The monoisotopic (exact) mass is 573 g/mol. The average molecular weight is 574 g/mol. The van der Waals surface area contributed by atoms with Crippen LogP contribution in [0.25, 0.3) is 5.57 Å². The molecule has 1 aromatic heterocycles. The lowest BCUT2D eigenvalue weighted by Crippen LogP contribution is -2.71. The maximum absolute atomic E-state index is 13.3. The summed E-state index contributed by atoms with van der Waals surface area (Å²) in [6.07, 6.45) is 0.648. The predicted octanol–water partition coefficient (Wildman–Crippen LogP) is 2.56. The highest BCUT2D eigenvalue weighted by Gasteiger charge is 2.55. The summed E-state index contributed by atoms with van der Waals surface area (Å²) in [4.78, 5) is 68.3. The molecule has 0 aliphatic carbocycles. The normalized spacial score (nSPS) is 19.4. The summed E-state index contributed by atoms with van der Waals surface area (Å²) in [6, 6.07) is 6.36. The Morgan fingerprint density at radius 2 is 1.87 bits per heavy atom. The summed E-state index contributed by atoms with van der Waals surface area (Å²) in [7, 11) is 0. The molecule has 12 nitrogen and oxygen atoms in total. The Hall–Kier alpha value is -3.91. The van der Waals surface area contributed by atoms with Crippen molar-refractivity contribution in [3.8, 4) is 0 Å². The van der Waals surface area contributed by atoms with E-state index in [1.165, 1.54) is 24.9 Å². The van der Waals surface area contributed by atoms with Crippen molar-refractivity contribution >= 4 is 63.6 Å². The van der Waals surface area contributed by atoms with Gasteiger partial charge in [-0.2, -0.15) is 0 Å². The summed E-state index contributed by atoms with van der Waals surface area (Å²) in [6.45, 7) is 6.42. The van der Waals surface area contributed by atoms with Gasteiger partial charge in [-0.05, 0) is 26.3 Å². The van der Waals surface area contributed by atoms with Gasteiger partial charge < -0.3 is 25.8 Å². The number of aliphatic carboxylic acids is 1. The molecule has 0 bridgehead atoms. The number of hydrogen-bond donors (Lipinski definition) is 4. The van der Waals surface area contributed by atoms with Gasteiger partial charge in [0.2, 0.25) is 11.8 Å². The highest BCUT2D eigenvalue weighted by Crippen LogP contribution is 2.44. The number of nitrogens with zero attached hydrogens (tertiary/aromatic N) is 2. The van der Waals surface area contributed by atoms with Crippen LogP contribution in [0.1, 0.15) is 44.2 Å². The van der Waals surface area contributed by atoms with E-state index < -0.39 is 46.9 Å². The molecule has 1 aromatic carbocycles. The van der Waals surface area contributed by atoms with Crippen molar-refractivity contribution < 1.29 is 33.8 Å². The van der Waals surface area contributed by atoms with Crippen LogP contribution in [0.3, 0.4) is 0 Å². The number of hydrogen-bond acceptors (Lipinski definition) is 9. The molecule has 3 atom stereocenters. The number of carbonyl (C=O) groups is 5. The number of thiazole rings is 1. The third kappa shape index (κ3) is 6.23. The lowest BCUT2D eigenvalue weighted by molar-refractivity contribution is -0.150. The highest BCUT2D eigenvalue weighted by atomic mass is 32.2. The SMILES string of the molecule is CC(=O)Nc1ncc(C2=C(C(=O)O)N3C(=O)C(NC(=O)C(NC(=O)OC(C)(C)C)c4ccccc4)C3SC2)s1. The molecular formula is C25H27N5O7S2. The molecule has 1 saturated heterocycles. The van der Waals surface area contributed by atoms with Crippen molar-refractivity contribution in [1.29, 1.82) is 0 Å². The Bertz CT molecular complexity index is 1350. The third-order valence-electron chi connectivity index (χ3n) is 5.61. The van der Waals surface area contributed by atoms with Gasteiger partial charge >= 0.3 is 12.1 Å². The van der Waals surface area contributed by atoms with Crippen LogP contribution in [-0.4, -0.2) is 67.5 Å². The summed E-state index contributed by atoms with van der Waals surface area (Å²) in [5.74, 6) is -2.60. The van der Waals surface area contributed by atoms with Crippen LogP contribution < -0.4 is 16.0 Å². The summed E-state index contributed by atoms with van der Waals surface area (Å²) in [5, 5.41) is 17.4. The van der Waals surface area contributed by atoms with Gasteiger partial charge in [-0.1, -0.05) is 41.7 Å². The highest BCUT2D eigenvalue weighted by molar-refractivity contribution is 8.00. The number of benzene rings is 1. The minimum Gasteiger partial charge on any atom is -0.477 e. The Balaban J connectivity index is 1.54. The lowest BCUT2D eigenvalue weighted by atomic mass is 10.0. The maximum atomic E-state index is 13.3. The summed E-state index contributed by atoms with van der Waals surface area (Å²) in [5.41, 5.74) is -0.110. The fourth-order valence-electron chi connectivity index (χ4n) is 4.04. The zero-order valence-corrected chi connectivity index (χ0v) is 23.1. The van der Waals surface area contributed by atoms with Crippen molar-refractivity contribution in [3.63, 3.8) is 0 Å². The number of rotatable bonds is 7. The van der Waals surface area contributed by atoms with Crippen molar-refractivity contribution in [2.75, 3.05) is 11.1 Å². The number of ether oxygens (including phenoxy) is 1. The number of nitrogens with one attached hydrogen (secondary N) is 3. The molecule has 4 rings (SSSR count). The number of amides is 4. The smallest absolute Gasteiger partial charge is 0.408 e. The Labute approximate surface area is 232 Å². The molecule has 0 saturated carbocycles. The summed E-state index contributed by atoms with van der Waals surface area (Å²) >= 11 is 2.39. The second kappa shape index (κ2) is 11.1. The van der Waals surface area contributed by atoms with Crippen LogP contribution >= 0.6 is 23.1 Å². The first-order valence-corrected chi connectivity index (χ1v) is 13.7. The lowest BCUT2D eigenvalue weighted by Gasteiger charge is -2.49. The molecule has 2 aliphatic heterocycles. The second-order valence-corrected chi connectivity index (χ2v) is 11.9. The number of β-lactam (4-membered cyclic amide) rings is 1. The molecule has 3 heterocycles. The predicted molar refractivity (Wildman–Crippen MR) is 145 cm³/mol. The number of carboxylic acid groups (broad SMARTS) is 1. The molecule has 0 radical (unpaired) electrons. The Morgan fingerprint density at radius 1 is 1.18 bits per heavy atom. The molecule has 0 spiro atoms. The van der Waals surface area contributed by atoms with Crippen molar-refractivity contribution in [2.45, 2.75) is 50.8 Å². The number of thioether (sulfide) groups is 1. The summed E-state index contributed by atoms with van der Waals surface area (Å²) < 4.78 is 5.30. The molecule has 4 N–H and O–H groups in total. The van der Waals surface area contributed by atoms with Crippen LogP contribution in [0.15, 0.2) is 42.2 Å². The van der Waals surface area contributed by atoms with E-state index in [1.807, 2.05) is 0 Å². The van der Waals surface area contributed by atoms with E-state index in [0.29, 0.717) is 21.1 Å². The molecule has 2 aliphatic rings. The number of carbonyl (C=O) groups excluding carboxylic acids is 4. The van der Waals surface area contributed by atoms with Gasteiger partial charge in [0, 0.05) is 24.4 Å². The maximum Gasteiger partial charge on any atom is 0.408 e. The minimum atomic E-state index is -1.29. The van der Waals surface area contributed by atoms with Gasteiger partial charge in [0.25, 0.3) is 5.91 Å². The van der Waals surface area contributed by atoms with E-state index in [4.69, 9.17) is 4.74 Å². The van der Waals surface area contributed by atoms with E-state index in [1.54, 1.807) is 51.1 Å². The zero-order chi connectivity index (χ0) is 28.5. The molecular weight excluding hydrogens is 546 g/mol. The topological polar surface area (TPSA) is 167 Å².